The summed E-state index contributed by atoms with van der Waals surface area (Å²) in [5, 5.41) is 14.6. The smallest absolute Gasteiger partial charge is 0.234 e. The molecule has 0 aromatic carbocycles. The van der Waals surface area contributed by atoms with Gasteiger partial charge in [-0.05, 0) is 12.5 Å². The number of H-pyrrole nitrogens is 1. The zero-order valence-corrected chi connectivity index (χ0v) is 12.4. The molecule has 0 aliphatic carbocycles. The van der Waals surface area contributed by atoms with Gasteiger partial charge in [0.05, 0.1) is 18.8 Å². The molecule has 4 heterocycles. The molecule has 0 radical (unpaired) electrons. The first kappa shape index (κ1) is 13.6. The standard InChI is InChI=1S/C15H15N7O/c16-4-1-13(23)20-10-3-6-21(8-10)22-9-19-12-7-18-15-11(14(12)22)2-5-17-15/h2,5,7,9-10H,1,3,6,8H2,(H,17,18)(H,20,23). The van der Waals surface area contributed by atoms with Crippen LogP contribution in [0.3, 0.4) is 0 Å². The summed E-state index contributed by atoms with van der Waals surface area (Å²) in [6, 6.07) is 3.91. The number of rotatable bonds is 3. The van der Waals surface area contributed by atoms with Gasteiger partial charge in [-0.25, -0.2) is 14.6 Å². The van der Waals surface area contributed by atoms with Crippen LogP contribution >= 0.6 is 0 Å². The van der Waals surface area contributed by atoms with Crippen LogP contribution in [0.4, 0.5) is 0 Å². The Balaban J connectivity index is 1.62. The molecule has 1 amide bonds. The second kappa shape index (κ2) is 5.28. The summed E-state index contributed by atoms with van der Waals surface area (Å²) in [4.78, 5) is 23.4. The number of fused-ring (bicyclic) bond motifs is 3. The van der Waals surface area contributed by atoms with Crippen molar-refractivity contribution >= 4 is 28.0 Å². The predicted molar refractivity (Wildman–Crippen MR) is 84.1 cm³/mol. The number of carbonyl (C=O) groups is 1. The van der Waals surface area contributed by atoms with Gasteiger partial charge in [0.25, 0.3) is 0 Å². The average Bonchev–Trinajstić information content (AvgIpc) is 3.24. The minimum Gasteiger partial charge on any atom is -0.351 e. The molecule has 1 fully saturated rings. The van der Waals surface area contributed by atoms with E-state index in [2.05, 4.69) is 25.3 Å². The fourth-order valence-electron chi connectivity index (χ4n) is 3.11. The van der Waals surface area contributed by atoms with Crippen LogP contribution in [-0.4, -0.2) is 44.7 Å². The Labute approximate surface area is 131 Å². The van der Waals surface area contributed by atoms with Crippen molar-refractivity contribution in [3.8, 4) is 6.07 Å². The number of amides is 1. The van der Waals surface area contributed by atoms with Crippen LogP contribution in [0.2, 0.25) is 0 Å². The topological polar surface area (TPSA) is 103 Å². The molecule has 8 heteroatoms. The number of hydrogen-bond acceptors (Lipinski definition) is 5. The molecule has 4 rings (SSSR count). The number of nitrogens with zero attached hydrogens (tertiary/aromatic N) is 5. The Morgan fingerprint density at radius 3 is 3.30 bits per heavy atom. The highest BCUT2D eigenvalue weighted by molar-refractivity contribution is 6.01. The molecular weight excluding hydrogens is 294 g/mol. The molecule has 1 unspecified atom stereocenters. The second-order valence-corrected chi connectivity index (χ2v) is 5.62. The number of carbonyl (C=O) groups excluding carboxylic acids is 1. The van der Waals surface area contributed by atoms with E-state index in [9.17, 15) is 4.79 Å². The lowest BCUT2D eigenvalue weighted by Gasteiger charge is -2.21. The van der Waals surface area contributed by atoms with Crippen molar-refractivity contribution in [1.82, 2.24) is 24.9 Å². The lowest BCUT2D eigenvalue weighted by molar-refractivity contribution is -0.120. The maximum absolute atomic E-state index is 11.6. The maximum Gasteiger partial charge on any atom is 0.234 e. The molecule has 1 atom stereocenters. The normalized spacial score (nSPS) is 17.7. The van der Waals surface area contributed by atoms with Gasteiger partial charge < -0.3 is 15.3 Å². The van der Waals surface area contributed by atoms with Crippen LogP contribution in [-0.2, 0) is 4.79 Å². The van der Waals surface area contributed by atoms with Crippen LogP contribution in [0, 0.1) is 11.3 Å². The van der Waals surface area contributed by atoms with Gasteiger partial charge in [-0.2, -0.15) is 5.26 Å². The van der Waals surface area contributed by atoms with Crippen molar-refractivity contribution in [2.24, 2.45) is 0 Å². The highest BCUT2D eigenvalue weighted by atomic mass is 16.1. The highest BCUT2D eigenvalue weighted by Crippen LogP contribution is 2.23. The molecule has 3 aromatic rings. The third kappa shape index (κ3) is 2.26. The summed E-state index contributed by atoms with van der Waals surface area (Å²) in [6.45, 7) is 1.51. The molecule has 0 bridgehead atoms. The zero-order valence-electron chi connectivity index (χ0n) is 12.4. The fraction of sp³-hybridized carbons (Fsp3) is 0.333. The summed E-state index contributed by atoms with van der Waals surface area (Å²) in [5.74, 6) is -0.216. The lowest BCUT2D eigenvalue weighted by atomic mass is 10.2. The van der Waals surface area contributed by atoms with Gasteiger partial charge in [0, 0.05) is 24.2 Å². The largest absolute Gasteiger partial charge is 0.351 e. The van der Waals surface area contributed by atoms with Crippen molar-refractivity contribution in [2.45, 2.75) is 18.9 Å². The summed E-state index contributed by atoms with van der Waals surface area (Å²) < 4.78 is 2.03. The van der Waals surface area contributed by atoms with Crippen LogP contribution in [0.1, 0.15) is 12.8 Å². The first-order chi connectivity index (χ1) is 11.3. The van der Waals surface area contributed by atoms with Gasteiger partial charge in [-0.1, -0.05) is 0 Å². The number of nitriles is 1. The van der Waals surface area contributed by atoms with E-state index in [0.717, 1.165) is 35.0 Å². The molecule has 23 heavy (non-hydrogen) atoms. The predicted octanol–water partition coefficient (Wildman–Crippen LogP) is 0.653. The Hall–Kier alpha value is -3.08. The van der Waals surface area contributed by atoms with Crippen molar-refractivity contribution in [2.75, 3.05) is 18.1 Å². The van der Waals surface area contributed by atoms with Gasteiger partial charge in [0.2, 0.25) is 5.91 Å². The van der Waals surface area contributed by atoms with Crippen LogP contribution < -0.4 is 10.3 Å². The van der Waals surface area contributed by atoms with Crippen molar-refractivity contribution < 1.29 is 4.79 Å². The van der Waals surface area contributed by atoms with E-state index in [1.807, 2.05) is 23.0 Å². The van der Waals surface area contributed by atoms with E-state index < -0.39 is 0 Å². The van der Waals surface area contributed by atoms with Crippen LogP contribution in [0.5, 0.6) is 0 Å². The van der Waals surface area contributed by atoms with Gasteiger partial charge in [0.15, 0.2) is 0 Å². The minimum atomic E-state index is -0.216. The summed E-state index contributed by atoms with van der Waals surface area (Å²) >= 11 is 0. The fourth-order valence-corrected chi connectivity index (χ4v) is 3.11. The number of imidazole rings is 1. The number of aromatic amines is 1. The van der Waals surface area contributed by atoms with Gasteiger partial charge in [-0.15, -0.1) is 0 Å². The average molecular weight is 309 g/mol. The molecule has 0 spiro atoms. The van der Waals surface area contributed by atoms with Crippen LogP contribution in [0.15, 0.2) is 24.8 Å². The number of aromatic nitrogens is 4. The van der Waals surface area contributed by atoms with Crippen LogP contribution in [0.25, 0.3) is 22.1 Å². The number of pyridine rings is 1. The Bertz CT molecular complexity index is 919. The minimum absolute atomic E-state index is 0.0526. The molecule has 1 saturated heterocycles. The lowest BCUT2D eigenvalue weighted by Crippen LogP contribution is -2.39. The Morgan fingerprint density at radius 2 is 2.43 bits per heavy atom. The first-order valence-corrected chi connectivity index (χ1v) is 7.47. The van der Waals surface area contributed by atoms with Crippen molar-refractivity contribution in [1.29, 1.82) is 5.26 Å². The van der Waals surface area contributed by atoms with E-state index >= 15 is 0 Å². The second-order valence-electron chi connectivity index (χ2n) is 5.62. The number of nitrogens with one attached hydrogen (secondary N) is 2. The van der Waals surface area contributed by atoms with E-state index in [4.69, 9.17) is 5.26 Å². The van der Waals surface area contributed by atoms with E-state index in [0.29, 0.717) is 6.54 Å². The number of hydrogen-bond donors (Lipinski definition) is 2. The SMILES string of the molecule is N#CCC(=O)NC1CCN(n2cnc3cnc4[nH]ccc4c32)C1. The summed E-state index contributed by atoms with van der Waals surface area (Å²) in [6.07, 6.45) is 6.16. The molecule has 116 valence electrons. The third-order valence-electron chi connectivity index (χ3n) is 4.15. The molecule has 0 saturated carbocycles. The van der Waals surface area contributed by atoms with Crippen molar-refractivity contribution in [3.05, 3.63) is 24.8 Å². The highest BCUT2D eigenvalue weighted by Gasteiger charge is 2.25. The summed E-state index contributed by atoms with van der Waals surface area (Å²) in [5.41, 5.74) is 2.69. The first-order valence-electron chi connectivity index (χ1n) is 7.47. The quantitative estimate of drug-likeness (QED) is 0.739. The Morgan fingerprint density at radius 1 is 1.52 bits per heavy atom. The van der Waals surface area contributed by atoms with Gasteiger partial charge in [-0.3, -0.25) is 4.79 Å². The van der Waals surface area contributed by atoms with E-state index in [1.54, 1.807) is 12.5 Å². The van der Waals surface area contributed by atoms with E-state index in [1.165, 1.54) is 0 Å². The van der Waals surface area contributed by atoms with Gasteiger partial charge in [0.1, 0.15) is 29.4 Å². The summed E-state index contributed by atoms with van der Waals surface area (Å²) in [7, 11) is 0. The van der Waals surface area contributed by atoms with Crippen molar-refractivity contribution in [3.63, 3.8) is 0 Å². The Kier molecular flexibility index (Phi) is 3.12. The molecular formula is C15H15N7O. The maximum atomic E-state index is 11.6. The third-order valence-corrected chi connectivity index (χ3v) is 4.15. The van der Waals surface area contributed by atoms with E-state index in [-0.39, 0.29) is 18.4 Å². The monoisotopic (exact) mass is 309 g/mol. The molecule has 1 aliphatic rings. The molecule has 3 aromatic heterocycles. The molecule has 8 nitrogen and oxygen atoms in total. The molecule has 2 N–H and O–H groups in total. The molecule has 1 aliphatic heterocycles. The zero-order chi connectivity index (χ0) is 15.8. The van der Waals surface area contributed by atoms with Gasteiger partial charge >= 0.3 is 0 Å².